The van der Waals surface area contributed by atoms with Crippen LogP contribution in [-0.2, 0) is 9.53 Å². The molecular weight excluding hydrogens is 341 g/mol. The van der Waals surface area contributed by atoms with Gasteiger partial charge in [0.2, 0.25) is 5.78 Å². The average Bonchev–Trinajstić information content (AvgIpc) is 2.66. The minimum absolute atomic E-state index is 0.229. The molecule has 6 nitrogen and oxygen atoms in total. The van der Waals surface area contributed by atoms with E-state index in [-0.39, 0.29) is 5.56 Å². The summed E-state index contributed by atoms with van der Waals surface area (Å²) in [5, 5.41) is 2.41. The maximum atomic E-state index is 12.9. The van der Waals surface area contributed by atoms with E-state index in [9.17, 15) is 18.8 Å². The van der Waals surface area contributed by atoms with Crippen molar-refractivity contribution < 1.29 is 28.2 Å². The first-order chi connectivity index (χ1) is 12.4. The minimum atomic E-state index is -1.05. The number of halogens is 1. The zero-order valence-electron chi connectivity index (χ0n) is 14.3. The molecule has 2 rings (SSSR count). The van der Waals surface area contributed by atoms with Gasteiger partial charge in [-0.15, -0.1) is 0 Å². The predicted molar refractivity (Wildman–Crippen MR) is 91.6 cm³/mol. The highest BCUT2D eigenvalue weighted by Crippen LogP contribution is 2.12. The van der Waals surface area contributed by atoms with E-state index in [1.54, 1.807) is 18.2 Å². The zero-order chi connectivity index (χ0) is 19.1. The van der Waals surface area contributed by atoms with Crippen molar-refractivity contribution in [1.82, 2.24) is 5.32 Å². The van der Waals surface area contributed by atoms with Crippen molar-refractivity contribution >= 4 is 17.7 Å². The molecule has 0 saturated carbocycles. The first-order valence-corrected chi connectivity index (χ1v) is 7.82. The Morgan fingerprint density at radius 3 is 2.42 bits per heavy atom. The number of esters is 1. The van der Waals surface area contributed by atoms with Crippen molar-refractivity contribution in [3.05, 3.63) is 65.5 Å². The number of nitrogens with one attached hydrogen (secondary N) is 1. The SMILES string of the molecule is COc1cccc(C(=O)NCC(=O)O[C@@H](C)C(=O)c2ccc(F)cc2)c1. The fourth-order valence-electron chi connectivity index (χ4n) is 2.16. The Kier molecular flexibility index (Phi) is 6.43. The second-order valence-corrected chi connectivity index (χ2v) is 5.42. The smallest absolute Gasteiger partial charge is 0.326 e. The Morgan fingerprint density at radius 2 is 1.77 bits per heavy atom. The van der Waals surface area contributed by atoms with E-state index in [2.05, 4.69) is 5.32 Å². The molecule has 26 heavy (non-hydrogen) atoms. The van der Waals surface area contributed by atoms with Crippen LogP contribution in [0.15, 0.2) is 48.5 Å². The molecule has 1 N–H and O–H groups in total. The third kappa shape index (κ3) is 5.14. The first-order valence-electron chi connectivity index (χ1n) is 7.82. The normalized spacial score (nSPS) is 11.3. The van der Waals surface area contributed by atoms with Gasteiger partial charge in [0.05, 0.1) is 7.11 Å². The van der Waals surface area contributed by atoms with E-state index in [4.69, 9.17) is 9.47 Å². The van der Waals surface area contributed by atoms with E-state index < -0.39 is 36.1 Å². The number of amides is 1. The third-order valence-corrected chi connectivity index (χ3v) is 3.53. The topological polar surface area (TPSA) is 81.7 Å². The van der Waals surface area contributed by atoms with Crippen LogP contribution < -0.4 is 10.1 Å². The van der Waals surface area contributed by atoms with Gasteiger partial charge in [-0.2, -0.15) is 0 Å². The van der Waals surface area contributed by atoms with Crippen LogP contribution in [0.1, 0.15) is 27.6 Å². The highest BCUT2D eigenvalue weighted by atomic mass is 19.1. The van der Waals surface area contributed by atoms with Crippen molar-refractivity contribution in [2.24, 2.45) is 0 Å². The van der Waals surface area contributed by atoms with Crippen LogP contribution in [-0.4, -0.2) is 37.4 Å². The molecule has 0 radical (unpaired) electrons. The summed E-state index contributed by atoms with van der Waals surface area (Å²) in [6.07, 6.45) is -1.05. The summed E-state index contributed by atoms with van der Waals surface area (Å²) in [6, 6.07) is 11.4. The number of methoxy groups -OCH3 is 1. The van der Waals surface area contributed by atoms with E-state index in [0.29, 0.717) is 11.3 Å². The van der Waals surface area contributed by atoms with Gasteiger partial charge in [0.1, 0.15) is 18.1 Å². The largest absolute Gasteiger partial charge is 0.497 e. The molecule has 0 fully saturated rings. The van der Waals surface area contributed by atoms with Crippen molar-refractivity contribution in [3.8, 4) is 5.75 Å². The molecule has 0 saturated heterocycles. The lowest BCUT2D eigenvalue weighted by molar-refractivity contribution is -0.145. The number of ketones is 1. The Balaban J connectivity index is 1.86. The Labute approximate surface area is 149 Å². The van der Waals surface area contributed by atoms with Gasteiger partial charge < -0.3 is 14.8 Å². The molecule has 0 heterocycles. The Hall–Kier alpha value is -3.22. The van der Waals surface area contributed by atoms with Crippen molar-refractivity contribution in [3.63, 3.8) is 0 Å². The quantitative estimate of drug-likeness (QED) is 0.606. The lowest BCUT2D eigenvalue weighted by atomic mass is 10.1. The summed E-state index contributed by atoms with van der Waals surface area (Å²) in [5.41, 5.74) is 0.555. The number of ether oxygens (including phenoxy) is 2. The summed E-state index contributed by atoms with van der Waals surface area (Å²) in [7, 11) is 1.48. The van der Waals surface area contributed by atoms with E-state index in [0.717, 1.165) is 12.1 Å². The minimum Gasteiger partial charge on any atom is -0.497 e. The van der Waals surface area contributed by atoms with Gasteiger partial charge in [-0.3, -0.25) is 14.4 Å². The van der Waals surface area contributed by atoms with E-state index in [1.807, 2.05) is 0 Å². The van der Waals surface area contributed by atoms with Crippen LogP contribution in [0.3, 0.4) is 0 Å². The van der Waals surface area contributed by atoms with Gasteiger partial charge in [0.15, 0.2) is 6.10 Å². The van der Waals surface area contributed by atoms with Crippen LogP contribution in [0, 0.1) is 5.82 Å². The second kappa shape index (κ2) is 8.75. The number of hydrogen-bond acceptors (Lipinski definition) is 5. The van der Waals surface area contributed by atoms with Gasteiger partial charge in [0, 0.05) is 11.1 Å². The summed E-state index contributed by atoms with van der Waals surface area (Å²) in [5.74, 6) is -1.65. The van der Waals surface area contributed by atoms with Gasteiger partial charge in [-0.25, -0.2) is 4.39 Å². The van der Waals surface area contributed by atoms with Crippen LogP contribution in [0.25, 0.3) is 0 Å². The van der Waals surface area contributed by atoms with Crippen molar-refractivity contribution in [2.75, 3.05) is 13.7 Å². The maximum absolute atomic E-state index is 12.9. The van der Waals surface area contributed by atoms with Crippen LogP contribution in [0.4, 0.5) is 4.39 Å². The molecule has 0 aliphatic rings. The van der Waals surface area contributed by atoms with Crippen LogP contribution >= 0.6 is 0 Å². The van der Waals surface area contributed by atoms with Crippen LogP contribution in [0.5, 0.6) is 5.75 Å². The number of rotatable bonds is 7. The van der Waals surface area contributed by atoms with E-state index >= 15 is 0 Å². The molecule has 0 aliphatic heterocycles. The molecule has 1 atom stereocenters. The molecule has 1 amide bonds. The molecule has 2 aromatic rings. The Bertz CT molecular complexity index is 804. The molecule has 0 bridgehead atoms. The number of Topliss-reactive ketones (excluding diaryl/α,β-unsaturated/α-hetero) is 1. The van der Waals surface area contributed by atoms with Gasteiger partial charge >= 0.3 is 5.97 Å². The van der Waals surface area contributed by atoms with Crippen LogP contribution in [0.2, 0.25) is 0 Å². The molecule has 0 aromatic heterocycles. The summed E-state index contributed by atoms with van der Waals surface area (Å²) in [6.45, 7) is 1.02. The standard InChI is InChI=1S/C19H18FNO5/c1-12(18(23)13-6-8-15(20)9-7-13)26-17(22)11-21-19(24)14-4-3-5-16(10-14)25-2/h3-10,12H,11H2,1-2H3,(H,21,24)/t12-/m0/s1. The summed E-state index contributed by atoms with van der Waals surface area (Å²) >= 11 is 0. The van der Waals surface area contributed by atoms with Crippen molar-refractivity contribution in [1.29, 1.82) is 0 Å². The highest BCUT2D eigenvalue weighted by Gasteiger charge is 2.20. The molecular formula is C19H18FNO5. The average molecular weight is 359 g/mol. The number of carbonyl (C=O) groups is 3. The second-order valence-electron chi connectivity index (χ2n) is 5.42. The van der Waals surface area contributed by atoms with Gasteiger partial charge in [0.25, 0.3) is 5.91 Å². The lowest BCUT2D eigenvalue weighted by Gasteiger charge is -2.13. The Morgan fingerprint density at radius 1 is 1.08 bits per heavy atom. The highest BCUT2D eigenvalue weighted by molar-refractivity contribution is 6.00. The van der Waals surface area contributed by atoms with Gasteiger partial charge in [-0.1, -0.05) is 6.07 Å². The molecule has 0 spiro atoms. The summed E-state index contributed by atoms with van der Waals surface area (Å²) < 4.78 is 22.9. The maximum Gasteiger partial charge on any atom is 0.326 e. The summed E-state index contributed by atoms with van der Waals surface area (Å²) in [4.78, 5) is 36.0. The molecule has 2 aromatic carbocycles. The molecule has 0 unspecified atom stereocenters. The molecule has 0 aliphatic carbocycles. The predicted octanol–water partition coefficient (Wildman–Crippen LogP) is 2.38. The molecule has 136 valence electrons. The molecule has 7 heteroatoms. The van der Waals surface area contributed by atoms with Crippen molar-refractivity contribution in [2.45, 2.75) is 13.0 Å². The number of benzene rings is 2. The fraction of sp³-hybridized carbons (Fsp3) is 0.211. The monoisotopic (exact) mass is 359 g/mol. The first kappa shape index (κ1) is 19.1. The van der Waals surface area contributed by atoms with Gasteiger partial charge in [-0.05, 0) is 49.4 Å². The zero-order valence-corrected chi connectivity index (χ0v) is 14.3. The van der Waals surface area contributed by atoms with E-state index in [1.165, 1.54) is 32.2 Å². The number of hydrogen-bond donors (Lipinski definition) is 1. The fourth-order valence-corrected chi connectivity index (χ4v) is 2.16. The number of carbonyl (C=O) groups excluding carboxylic acids is 3. The lowest BCUT2D eigenvalue weighted by Crippen LogP contribution is -2.34. The third-order valence-electron chi connectivity index (χ3n) is 3.53.